The predicted molar refractivity (Wildman–Crippen MR) is 101 cm³/mol. The Bertz CT molecular complexity index is 785. The van der Waals surface area contributed by atoms with Gasteiger partial charge >= 0.3 is 11.8 Å². The second kappa shape index (κ2) is 8.61. The summed E-state index contributed by atoms with van der Waals surface area (Å²) in [5, 5.41) is 5.20. The van der Waals surface area contributed by atoms with Gasteiger partial charge in [0.2, 0.25) is 0 Å². The van der Waals surface area contributed by atoms with E-state index < -0.39 is 17.6 Å². The van der Waals surface area contributed by atoms with Crippen LogP contribution in [-0.2, 0) is 16.0 Å². The van der Waals surface area contributed by atoms with Crippen LogP contribution in [0.1, 0.15) is 43.5 Å². The molecule has 0 spiro atoms. The zero-order valence-corrected chi connectivity index (χ0v) is 15.6. The number of amides is 2. The largest absolute Gasteiger partial charge is 0.341 e. The Balaban J connectivity index is 2.08. The number of aryl methyl sites for hydroxylation is 2. The number of nitrogens with one attached hydrogen (secondary N) is 2. The summed E-state index contributed by atoms with van der Waals surface area (Å²) in [6, 6.07) is 12.0. The van der Waals surface area contributed by atoms with Crippen molar-refractivity contribution in [3.63, 3.8) is 0 Å². The molecule has 0 radical (unpaired) electrons. The van der Waals surface area contributed by atoms with Gasteiger partial charge in [0.25, 0.3) is 0 Å². The average molecular weight is 356 g/mol. The molecule has 138 valence electrons. The monoisotopic (exact) mass is 356 g/mol. The molecule has 2 rings (SSSR count). The number of halogens is 1. The fraction of sp³-hybridized carbons (Fsp3) is 0.333. The van der Waals surface area contributed by atoms with Crippen LogP contribution in [-0.4, -0.2) is 11.8 Å². The lowest BCUT2D eigenvalue weighted by Gasteiger charge is -2.23. The molecule has 2 amide bonds. The lowest BCUT2D eigenvalue weighted by molar-refractivity contribution is -0.136. The number of rotatable bonds is 5. The van der Waals surface area contributed by atoms with Gasteiger partial charge in [0, 0.05) is 5.69 Å². The maximum absolute atomic E-state index is 13.6. The van der Waals surface area contributed by atoms with E-state index in [4.69, 9.17) is 0 Å². The summed E-state index contributed by atoms with van der Waals surface area (Å²) in [6.07, 6.45) is 0.939. The molecule has 0 saturated carbocycles. The molecule has 5 heteroatoms. The molecule has 2 N–H and O–H groups in total. The van der Waals surface area contributed by atoms with Crippen molar-refractivity contribution in [2.24, 2.45) is 5.92 Å². The van der Waals surface area contributed by atoms with Crippen LogP contribution in [0.4, 0.5) is 10.1 Å². The van der Waals surface area contributed by atoms with Gasteiger partial charge in [-0.15, -0.1) is 0 Å². The van der Waals surface area contributed by atoms with E-state index in [1.807, 2.05) is 38.1 Å². The number of carbonyl (C=O) groups excluding carboxylic acids is 2. The van der Waals surface area contributed by atoms with Crippen molar-refractivity contribution in [1.29, 1.82) is 0 Å². The zero-order valence-electron chi connectivity index (χ0n) is 15.6. The second-order valence-electron chi connectivity index (χ2n) is 6.71. The van der Waals surface area contributed by atoms with Crippen molar-refractivity contribution in [1.82, 2.24) is 5.32 Å². The van der Waals surface area contributed by atoms with E-state index in [9.17, 15) is 14.0 Å². The van der Waals surface area contributed by atoms with Gasteiger partial charge in [-0.05, 0) is 48.1 Å². The van der Waals surface area contributed by atoms with E-state index in [-0.39, 0.29) is 17.6 Å². The lowest BCUT2D eigenvalue weighted by Crippen LogP contribution is -2.39. The number of carbonyl (C=O) groups is 2. The van der Waals surface area contributed by atoms with Crippen molar-refractivity contribution < 1.29 is 14.0 Å². The fourth-order valence-electron chi connectivity index (χ4n) is 2.66. The minimum absolute atomic E-state index is 0.107. The van der Waals surface area contributed by atoms with Crippen molar-refractivity contribution in [3.05, 3.63) is 65.0 Å². The fourth-order valence-corrected chi connectivity index (χ4v) is 2.66. The summed E-state index contributed by atoms with van der Waals surface area (Å²) >= 11 is 0. The summed E-state index contributed by atoms with van der Waals surface area (Å²) in [7, 11) is 0. The van der Waals surface area contributed by atoms with Gasteiger partial charge in [-0.2, -0.15) is 0 Å². The predicted octanol–water partition coefficient (Wildman–Crippen LogP) is 4.15. The first-order valence-electron chi connectivity index (χ1n) is 8.78. The molecule has 2 aromatic rings. The number of hydrogen-bond acceptors (Lipinski definition) is 2. The van der Waals surface area contributed by atoms with Crippen LogP contribution in [0.25, 0.3) is 0 Å². The Morgan fingerprint density at radius 2 is 1.69 bits per heavy atom. The number of benzene rings is 2. The van der Waals surface area contributed by atoms with E-state index in [1.165, 1.54) is 11.6 Å². The van der Waals surface area contributed by atoms with Gasteiger partial charge in [0.15, 0.2) is 0 Å². The Morgan fingerprint density at radius 1 is 1.04 bits per heavy atom. The van der Waals surface area contributed by atoms with E-state index in [1.54, 1.807) is 19.1 Å². The van der Waals surface area contributed by atoms with Gasteiger partial charge in [0.1, 0.15) is 5.82 Å². The van der Waals surface area contributed by atoms with Crippen molar-refractivity contribution in [2.75, 3.05) is 5.32 Å². The first-order chi connectivity index (χ1) is 12.3. The molecule has 4 nitrogen and oxygen atoms in total. The summed E-state index contributed by atoms with van der Waals surface area (Å²) < 4.78 is 13.6. The van der Waals surface area contributed by atoms with E-state index in [2.05, 4.69) is 17.6 Å². The van der Waals surface area contributed by atoms with E-state index >= 15 is 0 Å². The maximum atomic E-state index is 13.6. The summed E-state index contributed by atoms with van der Waals surface area (Å²) in [5.41, 5.74) is 2.88. The van der Waals surface area contributed by atoms with Gasteiger partial charge < -0.3 is 10.6 Å². The summed E-state index contributed by atoms with van der Waals surface area (Å²) in [4.78, 5) is 24.4. The third kappa shape index (κ3) is 4.91. The molecular formula is C21H25FN2O2. The molecular weight excluding hydrogens is 331 g/mol. The highest BCUT2D eigenvalue weighted by molar-refractivity contribution is 6.39. The average Bonchev–Trinajstić information content (AvgIpc) is 2.62. The van der Waals surface area contributed by atoms with Crippen LogP contribution in [0.3, 0.4) is 0 Å². The zero-order chi connectivity index (χ0) is 19.3. The minimum Gasteiger partial charge on any atom is -0.341 e. The van der Waals surface area contributed by atoms with Gasteiger partial charge in [-0.25, -0.2) is 4.39 Å². The van der Waals surface area contributed by atoms with Crippen LogP contribution in [0.2, 0.25) is 0 Å². The van der Waals surface area contributed by atoms with Crippen molar-refractivity contribution >= 4 is 17.5 Å². The topological polar surface area (TPSA) is 58.2 Å². The molecule has 1 unspecified atom stereocenters. The Kier molecular flexibility index (Phi) is 6.50. The van der Waals surface area contributed by atoms with Gasteiger partial charge in [-0.1, -0.05) is 51.1 Å². The van der Waals surface area contributed by atoms with E-state index in [0.29, 0.717) is 5.56 Å². The normalized spacial score (nSPS) is 11.9. The third-order valence-electron chi connectivity index (χ3n) is 4.34. The first kappa shape index (κ1) is 19.6. The molecule has 0 aromatic heterocycles. The van der Waals surface area contributed by atoms with Gasteiger partial charge in [-0.3, -0.25) is 9.59 Å². The van der Waals surface area contributed by atoms with Crippen LogP contribution >= 0.6 is 0 Å². The van der Waals surface area contributed by atoms with Crippen LogP contribution in [0, 0.1) is 18.7 Å². The molecule has 2 aromatic carbocycles. The molecule has 1 atom stereocenters. The maximum Gasteiger partial charge on any atom is 0.313 e. The second-order valence-corrected chi connectivity index (χ2v) is 6.71. The van der Waals surface area contributed by atoms with Crippen LogP contribution in [0.15, 0.2) is 42.5 Å². The molecule has 0 bridgehead atoms. The summed E-state index contributed by atoms with van der Waals surface area (Å²) in [5.74, 6) is -1.89. The SMILES string of the molecule is CCc1ccc(C(NC(=O)C(=O)Nc2ccc(C)c(F)c2)C(C)C)cc1. The Hall–Kier alpha value is -2.69. The Morgan fingerprint density at radius 3 is 2.23 bits per heavy atom. The standard InChI is InChI=1S/C21H25FN2O2/c1-5-15-7-9-16(10-8-15)19(13(2)3)24-21(26)20(25)23-17-11-6-14(4)18(22)12-17/h6-13,19H,5H2,1-4H3,(H,23,25)(H,24,26). The van der Waals surface area contributed by atoms with E-state index in [0.717, 1.165) is 12.0 Å². The number of hydrogen-bond donors (Lipinski definition) is 2. The molecule has 0 aliphatic carbocycles. The minimum atomic E-state index is -0.816. The molecule has 0 aliphatic rings. The Labute approximate surface area is 153 Å². The quantitative estimate of drug-likeness (QED) is 0.791. The highest BCUT2D eigenvalue weighted by atomic mass is 19.1. The molecule has 0 heterocycles. The molecule has 0 aliphatic heterocycles. The van der Waals surface area contributed by atoms with Crippen LogP contribution < -0.4 is 10.6 Å². The highest BCUT2D eigenvalue weighted by Crippen LogP contribution is 2.22. The molecule has 0 fully saturated rings. The first-order valence-corrected chi connectivity index (χ1v) is 8.78. The third-order valence-corrected chi connectivity index (χ3v) is 4.34. The number of anilines is 1. The van der Waals surface area contributed by atoms with Crippen molar-refractivity contribution in [3.8, 4) is 0 Å². The lowest BCUT2D eigenvalue weighted by atomic mass is 9.95. The van der Waals surface area contributed by atoms with Gasteiger partial charge in [0.05, 0.1) is 6.04 Å². The molecule has 0 saturated heterocycles. The highest BCUT2D eigenvalue weighted by Gasteiger charge is 2.22. The van der Waals surface area contributed by atoms with Crippen molar-refractivity contribution in [2.45, 2.75) is 40.2 Å². The van der Waals surface area contributed by atoms with Crippen LogP contribution in [0.5, 0.6) is 0 Å². The smallest absolute Gasteiger partial charge is 0.313 e. The molecule has 26 heavy (non-hydrogen) atoms. The summed E-state index contributed by atoms with van der Waals surface area (Å²) in [6.45, 7) is 7.66.